The molecule has 0 aliphatic carbocycles. The number of nitrogens with zero attached hydrogens (tertiary/aromatic N) is 4. The van der Waals surface area contributed by atoms with Gasteiger partial charge in [0.05, 0.1) is 34.5 Å². The summed E-state index contributed by atoms with van der Waals surface area (Å²) >= 11 is 12.3. The number of rotatable bonds is 8. The Morgan fingerprint density at radius 3 is 1.53 bits per heavy atom. The number of nitrogens with two attached hydrogens (primary N) is 2. The third-order valence-corrected chi connectivity index (χ3v) is 6.75. The first-order valence-corrected chi connectivity index (χ1v) is 12.6. The van der Waals surface area contributed by atoms with Gasteiger partial charge < -0.3 is 20.9 Å². The summed E-state index contributed by atoms with van der Waals surface area (Å²) in [4.78, 5) is 24.7. The molecule has 4 rings (SSSR count). The van der Waals surface area contributed by atoms with E-state index in [9.17, 15) is 9.59 Å². The molecular weight excluding hydrogens is 531 g/mol. The second-order valence-corrected chi connectivity index (χ2v) is 9.88. The van der Waals surface area contributed by atoms with E-state index in [0.717, 1.165) is 34.0 Å². The maximum atomic E-state index is 12.4. The number of halogens is 2. The normalized spacial score (nSPS) is 15.1. The third-order valence-electron chi connectivity index (χ3n) is 6.28. The SMILES string of the molecule is CC(OC(=O)/C=C/C(=O)OC(C)C(N)c1nn(C)c2ccc(Cl)cc12)C(N)c1nn(C)c2ccc(Cl)cc12. The predicted molar refractivity (Wildman–Crippen MR) is 146 cm³/mol. The summed E-state index contributed by atoms with van der Waals surface area (Å²) in [6, 6.07) is 9.28. The van der Waals surface area contributed by atoms with Crippen LogP contribution in [0.2, 0.25) is 10.0 Å². The molecule has 0 radical (unpaired) electrons. The molecule has 0 amide bonds. The maximum absolute atomic E-state index is 12.4. The Hall–Kier alpha value is -3.44. The molecule has 0 bridgehead atoms. The minimum Gasteiger partial charge on any atom is -0.457 e. The third kappa shape index (κ3) is 5.68. The van der Waals surface area contributed by atoms with E-state index in [4.69, 9.17) is 44.1 Å². The van der Waals surface area contributed by atoms with Gasteiger partial charge in [0.25, 0.3) is 0 Å². The number of esters is 2. The zero-order valence-electron chi connectivity index (χ0n) is 21.3. The van der Waals surface area contributed by atoms with Gasteiger partial charge in [-0.25, -0.2) is 9.59 Å². The molecule has 4 N–H and O–H groups in total. The lowest BCUT2D eigenvalue weighted by Crippen LogP contribution is -2.29. The van der Waals surface area contributed by atoms with E-state index in [2.05, 4.69) is 10.2 Å². The Morgan fingerprint density at radius 1 is 0.789 bits per heavy atom. The van der Waals surface area contributed by atoms with Crippen LogP contribution in [-0.4, -0.2) is 43.7 Å². The molecule has 4 aromatic rings. The summed E-state index contributed by atoms with van der Waals surface area (Å²) in [7, 11) is 3.58. The van der Waals surface area contributed by atoms with Gasteiger partial charge in [0, 0.05) is 47.1 Å². The summed E-state index contributed by atoms with van der Waals surface area (Å²) in [5.41, 5.74) is 15.4. The average molecular weight is 559 g/mol. The van der Waals surface area contributed by atoms with Gasteiger partial charge in [-0.3, -0.25) is 9.36 Å². The summed E-state index contributed by atoms with van der Waals surface area (Å²) in [6.45, 7) is 3.29. The van der Waals surface area contributed by atoms with Gasteiger partial charge in [0.1, 0.15) is 12.2 Å². The van der Waals surface area contributed by atoms with Gasteiger partial charge in [-0.15, -0.1) is 0 Å². The Bertz CT molecular complexity index is 1430. The van der Waals surface area contributed by atoms with Crippen LogP contribution in [-0.2, 0) is 33.2 Å². The van der Waals surface area contributed by atoms with E-state index in [-0.39, 0.29) is 0 Å². The number of aryl methyl sites for hydroxylation is 2. The van der Waals surface area contributed by atoms with Crippen LogP contribution in [0.4, 0.5) is 0 Å². The fourth-order valence-corrected chi connectivity index (χ4v) is 4.54. The first kappa shape index (κ1) is 27.6. The Morgan fingerprint density at radius 2 is 1.16 bits per heavy atom. The molecule has 4 unspecified atom stereocenters. The van der Waals surface area contributed by atoms with Crippen molar-refractivity contribution in [2.75, 3.05) is 0 Å². The van der Waals surface area contributed by atoms with Crippen LogP contribution in [0.1, 0.15) is 37.3 Å². The quantitative estimate of drug-likeness (QED) is 0.245. The van der Waals surface area contributed by atoms with Gasteiger partial charge >= 0.3 is 11.9 Å². The molecule has 12 heteroatoms. The topological polar surface area (TPSA) is 140 Å². The largest absolute Gasteiger partial charge is 0.457 e. The number of fused-ring (bicyclic) bond motifs is 2. The second-order valence-electron chi connectivity index (χ2n) is 9.01. The van der Waals surface area contributed by atoms with Crippen LogP contribution in [0, 0.1) is 0 Å². The number of carbonyl (C=O) groups excluding carboxylic acids is 2. The van der Waals surface area contributed by atoms with Gasteiger partial charge in [-0.1, -0.05) is 23.2 Å². The van der Waals surface area contributed by atoms with Crippen LogP contribution in [0.5, 0.6) is 0 Å². The summed E-state index contributed by atoms with van der Waals surface area (Å²) in [5, 5.41) is 11.5. The number of ether oxygens (including phenoxy) is 2. The first-order valence-electron chi connectivity index (χ1n) is 11.8. The summed E-state index contributed by atoms with van der Waals surface area (Å²) in [6.07, 6.45) is 0.481. The van der Waals surface area contributed by atoms with Crippen molar-refractivity contribution in [1.82, 2.24) is 19.6 Å². The number of benzene rings is 2. The predicted octanol–water partition coefficient (Wildman–Crippen LogP) is 3.89. The molecule has 200 valence electrons. The highest BCUT2D eigenvalue weighted by Gasteiger charge is 2.25. The Kier molecular flexibility index (Phi) is 8.08. The zero-order valence-corrected chi connectivity index (χ0v) is 22.8. The van der Waals surface area contributed by atoms with E-state index < -0.39 is 36.2 Å². The average Bonchev–Trinajstić information content (AvgIpc) is 3.37. The highest BCUT2D eigenvalue weighted by atomic mass is 35.5. The van der Waals surface area contributed by atoms with Gasteiger partial charge in [0.15, 0.2) is 0 Å². The lowest BCUT2D eigenvalue weighted by molar-refractivity contribution is -0.146. The number of hydrogen-bond donors (Lipinski definition) is 2. The van der Waals surface area contributed by atoms with Crippen molar-refractivity contribution < 1.29 is 19.1 Å². The monoisotopic (exact) mass is 558 g/mol. The molecular formula is C26H28Cl2N6O4. The van der Waals surface area contributed by atoms with E-state index in [1.807, 2.05) is 12.1 Å². The van der Waals surface area contributed by atoms with Crippen molar-refractivity contribution in [3.05, 3.63) is 70.0 Å². The van der Waals surface area contributed by atoms with Crippen molar-refractivity contribution >= 4 is 56.9 Å². The minimum absolute atomic E-state index is 0.541. The van der Waals surface area contributed by atoms with Gasteiger partial charge in [-0.05, 0) is 50.2 Å². The van der Waals surface area contributed by atoms with Crippen molar-refractivity contribution in [3.8, 4) is 0 Å². The minimum atomic E-state index is -0.759. The Balaban J connectivity index is 1.37. The van der Waals surface area contributed by atoms with Crippen LogP contribution in [0.25, 0.3) is 21.8 Å². The molecule has 0 spiro atoms. The molecule has 0 saturated carbocycles. The van der Waals surface area contributed by atoms with Crippen LogP contribution < -0.4 is 11.5 Å². The van der Waals surface area contributed by atoms with E-state index in [0.29, 0.717) is 21.4 Å². The number of aromatic nitrogens is 4. The number of hydrogen-bond acceptors (Lipinski definition) is 8. The molecule has 38 heavy (non-hydrogen) atoms. The highest BCUT2D eigenvalue weighted by Crippen LogP contribution is 2.29. The lowest BCUT2D eigenvalue weighted by Gasteiger charge is -2.19. The van der Waals surface area contributed by atoms with Crippen molar-refractivity contribution in [1.29, 1.82) is 0 Å². The first-order chi connectivity index (χ1) is 18.0. The molecule has 0 aliphatic heterocycles. The molecule has 10 nitrogen and oxygen atoms in total. The molecule has 4 atom stereocenters. The van der Waals surface area contributed by atoms with E-state index in [1.165, 1.54) is 0 Å². The van der Waals surface area contributed by atoms with E-state index in [1.54, 1.807) is 61.6 Å². The zero-order chi connectivity index (χ0) is 27.7. The Labute approximate surface area is 229 Å². The number of carbonyl (C=O) groups is 2. The van der Waals surface area contributed by atoms with Crippen molar-refractivity contribution in [3.63, 3.8) is 0 Å². The fraction of sp³-hybridized carbons (Fsp3) is 0.308. The van der Waals surface area contributed by atoms with Crippen LogP contribution in [0.3, 0.4) is 0 Å². The summed E-state index contributed by atoms with van der Waals surface area (Å²) < 4.78 is 14.2. The standard InChI is InChI=1S/C26H28Cl2N6O4/c1-13(23(29)25-17-11-15(27)5-7-19(17)33(3)31-25)37-21(35)9-10-22(36)38-14(2)24(30)26-18-12-16(28)6-8-20(18)34(4)32-26/h5-14,23-24H,29-30H2,1-4H3/b10-9+. The van der Waals surface area contributed by atoms with Gasteiger partial charge in [0.2, 0.25) is 0 Å². The molecule has 2 aromatic heterocycles. The summed E-state index contributed by atoms with van der Waals surface area (Å²) in [5.74, 6) is -1.52. The smallest absolute Gasteiger partial charge is 0.331 e. The van der Waals surface area contributed by atoms with Crippen molar-refractivity contribution in [2.24, 2.45) is 25.6 Å². The van der Waals surface area contributed by atoms with Gasteiger partial charge in [-0.2, -0.15) is 10.2 Å². The molecule has 0 aliphatic rings. The van der Waals surface area contributed by atoms with Crippen molar-refractivity contribution in [2.45, 2.75) is 38.1 Å². The molecule has 0 fully saturated rings. The maximum Gasteiger partial charge on any atom is 0.331 e. The lowest BCUT2D eigenvalue weighted by atomic mass is 10.1. The fourth-order valence-electron chi connectivity index (χ4n) is 4.19. The highest BCUT2D eigenvalue weighted by molar-refractivity contribution is 6.31. The van der Waals surface area contributed by atoms with Crippen LogP contribution >= 0.6 is 23.2 Å². The molecule has 2 aromatic carbocycles. The van der Waals surface area contributed by atoms with Crippen LogP contribution in [0.15, 0.2) is 48.6 Å². The second kappa shape index (κ2) is 11.1. The molecule has 2 heterocycles. The van der Waals surface area contributed by atoms with E-state index >= 15 is 0 Å². The molecule has 0 saturated heterocycles.